The van der Waals surface area contributed by atoms with Gasteiger partial charge in [-0.05, 0) is 19.1 Å². The molecular weight excluding hydrogens is 332 g/mol. The van der Waals surface area contributed by atoms with E-state index in [0.29, 0.717) is 25.2 Å². The van der Waals surface area contributed by atoms with Gasteiger partial charge < -0.3 is 15.0 Å². The van der Waals surface area contributed by atoms with Crippen LogP contribution < -0.4 is 5.73 Å². The van der Waals surface area contributed by atoms with Gasteiger partial charge in [-0.2, -0.15) is 0 Å². The summed E-state index contributed by atoms with van der Waals surface area (Å²) in [5.41, 5.74) is 5.89. The summed E-state index contributed by atoms with van der Waals surface area (Å²) in [6.45, 7) is 4.77. The molecule has 7 heteroatoms. The highest BCUT2D eigenvalue weighted by molar-refractivity contribution is 5.89. The first-order valence-electron chi connectivity index (χ1n) is 8.83. The molecule has 138 valence electrons. The van der Waals surface area contributed by atoms with E-state index < -0.39 is 0 Å². The number of hydrogen-bond acceptors (Lipinski definition) is 5. The van der Waals surface area contributed by atoms with E-state index in [0.717, 1.165) is 12.4 Å². The molecule has 7 nitrogen and oxygen atoms in total. The number of hydrogen-bond donors (Lipinski definition) is 1. The van der Waals surface area contributed by atoms with Crippen LogP contribution in [0.3, 0.4) is 0 Å². The van der Waals surface area contributed by atoms with Crippen LogP contribution in [0, 0.1) is 5.92 Å². The first-order chi connectivity index (χ1) is 12.6. The third kappa shape index (κ3) is 4.29. The summed E-state index contributed by atoms with van der Waals surface area (Å²) in [5, 5.41) is 0. The van der Waals surface area contributed by atoms with Crippen molar-refractivity contribution in [1.29, 1.82) is 0 Å². The first-order valence-corrected chi connectivity index (χ1v) is 8.83. The van der Waals surface area contributed by atoms with Crippen molar-refractivity contribution in [3.8, 4) is 0 Å². The lowest BCUT2D eigenvalue weighted by atomic mass is 10.0. The lowest BCUT2D eigenvalue weighted by molar-refractivity contribution is -0.119. The normalized spacial score (nSPS) is 20.2. The molecule has 3 rings (SSSR count). The molecule has 2 aromatic rings. The smallest absolute Gasteiger partial charge is 0.338 e. The van der Waals surface area contributed by atoms with Gasteiger partial charge in [0.2, 0.25) is 5.91 Å². The van der Waals surface area contributed by atoms with Crippen molar-refractivity contribution < 1.29 is 14.3 Å². The number of benzene rings is 1. The van der Waals surface area contributed by atoms with Gasteiger partial charge in [0.1, 0.15) is 11.9 Å². The van der Waals surface area contributed by atoms with Crippen LogP contribution >= 0.6 is 0 Å². The van der Waals surface area contributed by atoms with E-state index >= 15 is 0 Å². The predicted octanol–water partition coefficient (Wildman–Crippen LogP) is 1.44. The fraction of sp³-hybridized carbons (Fsp3) is 0.421. The SMILES string of the molecule is CCn1ccnc1CN1C[C@H](CC(N)=O)[C@H](OC(=O)c2ccccc2)C1. The monoisotopic (exact) mass is 356 g/mol. The standard InChI is InChI=1S/C19H24N4O3/c1-2-23-9-8-21-18(23)13-22-11-15(10-17(20)24)16(12-22)26-19(25)14-6-4-3-5-7-14/h3-9,15-16H,2,10-13H2,1H3,(H2,20,24)/t15-,16+/m0/s1. The summed E-state index contributed by atoms with van der Waals surface area (Å²) < 4.78 is 7.78. The summed E-state index contributed by atoms with van der Waals surface area (Å²) in [6, 6.07) is 8.87. The Kier molecular flexibility index (Phi) is 5.68. The summed E-state index contributed by atoms with van der Waals surface area (Å²) in [7, 11) is 0. The molecule has 1 aromatic carbocycles. The summed E-state index contributed by atoms with van der Waals surface area (Å²) in [4.78, 5) is 30.4. The Bertz CT molecular complexity index is 759. The molecule has 0 radical (unpaired) electrons. The maximum absolute atomic E-state index is 12.4. The molecular formula is C19H24N4O3. The fourth-order valence-corrected chi connectivity index (χ4v) is 3.40. The Morgan fingerprint density at radius 2 is 2.04 bits per heavy atom. The lowest BCUT2D eigenvalue weighted by Gasteiger charge is -2.18. The van der Waals surface area contributed by atoms with Gasteiger partial charge in [0.05, 0.1) is 12.1 Å². The van der Waals surface area contributed by atoms with Gasteiger partial charge in [-0.15, -0.1) is 0 Å². The Balaban J connectivity index is 1.68. The Hall–Kier alpha value is -2.67. The van der Waals surface area contributed by atoms with Crippen molar-refractivity contribution in [2.24, 2.45) is 11.7 Å². The van der Waals surface area contributed by atoms with Crippen LogP contribution in [-0.4, -0.2) is 45.5 Å². The van der Waals surface area contributed by atoms with Gasteiger partial charge in [0.15, 0.2) is 0 Å². The number of rotatable bonds is 7. The summed E-state index contributed by atoms with van der Waals surface area (Å²) >= 11 is 0. The molecule has 2 atom stereocenters. The maximum atomic E-state index is 12.4. The van der Waals surface area contributed by atoms with Crippen LogP contribution in [-0.2, 0) is 22.6 Å². The Morgan fingerprint density at radius 1 is 1.27 bits per heavy atom. The molecule has 1 fully saturated rings. The van der Waals surface area contributed by atoms with Crippen molar-refractivity contribution in [3.05, 3.63) is 54.1 Å². The zero-order valence-corrected chi connectivity index (χ0v) is 14.9. The zero-order chi connectivity index (χ0) is 18.5. The van der Waals surface area contributed by atoms with E-state index in [1.54, 1.807) is 30.5 Å². The van der Waals surface area contributed by atoms with E-state index in [9.17, 15) is 9.59 Å². The highest BCUT2D eigenvalue weighted by Crippen LogP contribution is 2.25. The van der Waals surface area contributed by atoms with Crippen molar-refractivity contribution in [3.63, 3.8) is 0 Å². The molecule has 0 bridgehead atoms. The second-order valence-corrected chi connectivity index (χ2v) is 6.56. The Morgan fingerprint density at radius 3 is 2.73 bits per heavy atom. The van der Waals surface area contributed by atoms with Crippen LogP contribution in [0.25, 0.3) is 0 Å². The average Bonchev–Trinajstić information content (AvgIpc) is 3.22. The number of carbonyl (C=O) groups is 2. The van der Waals surface area contributed by atoms with Gasteiger partial charge in [0, 0.05) is 44.4 Å². The van der Waals surface area contributed by atoms with Gasteiger partial charge in [-0.25, -0.2) is 9.78 Å². The average molecular weight is 356 g/mol. The predicted molar refractivity (Wildman–Crippen MR) is 96.1 cm³/mol. The summed E-state index contributed by atoms with van der Waals surface area (Å²) in [5.74, 6) is 0.0974. The zero-order valence-electron chi connectivity index (χ0n) is 14.9. The molecule has 2 heterocycles. The molecule has 2 N–H and O–H groups in total. The summed E-state index contributed by atoms with van der Waals surface area (Å²) in [6.07, 6.45) is 3.56. The number of aromatic nitrogens is 2. The Labute approximate surface area is 152 Å². The van der Waals surface area contributed by atoms with Gasteiger partial charge in [-0.3, -0.25) is 9.69 Å². The second-order valence-electron chi connectivity index (χ2n) is 6.56. The van der Waals surface area contributed by atoms with Crippen LogP contribution in [0.4, 0.5) is 0 Å². The van der Waals surface area contributed by atoms with Gasteiger partial charge in [-0.1, -0.05) is 18.2 Å². The molecule has 1 aliphatic heterocycles. The number of nitrogens with two attached hydrogens (primary N) is 1. The molecule has 26 heavy (non-hydrogen) atoms. The molecule has 0 saturated carbocycles. The quantitative estimate of drug-likeness (QED) is 0.758. The van der Waals surface area contributed by atoms with E-state index in [1.165, 1.54) is 0 Å². The molecule has 0 aliphatic carbocycles. The number of carbonyl (C=O) groups excluding carboxylic acids is 2. The number of nitrogens with zero attached hydrogens (tertiary/aromatic N) is 3. The van der Waals surface area contributed by atoms with Crippen molar-refractivity contribution >= 4 is 11.9 Å². The molecule has 0 spiro atoms. The maximum Gasteiger partial charge on any atom is 0.338 e. The molecule has 1 amide bonds. The van der Waals surface area contributed by atoms with E-state index in [4.69, 9.17) is 10.5 Å². The van der Waals surface area contributed by atoms with Crippen LogP contribution in [0.5, 0.6) is 0 Å². The minimum absolute atomic E-state index is 0.106. The third-order valence-corrected chi connectivity index (χ3v) is 4.70. The highest BCUT2D eigenvalue weighted by atomic mass is 16.5. The van der Waals surface area contributed by atoms with Crippen LogP contribution in [0.2, 0.25) is 0 Å². The molecule has 1 aromatic heterocycles. The first kappa shape index (κ1) is 18.1. The molecule has 1 saturated heterocycles. The second kappa shape index (κ2) is 8.14. The van der Waals surface area contributed by atoms with Gasteiger partial charge in [0.25, 0.3) is 0 Å². The topological polar surface area (TPSA) is 90.5 Å². The number of imidazole rings is 1. The van der Waals surface area contributed by atoms with E-state index in [-0.39, 0.29) is 30.3 Å². The highest BCUT2D eigenvalue weighted by Gasteiger charge is 2.37. The lowest BCUT2D eigenvalue weighted by Crippen LogP contribution is -2.29. The number of aryl methyl sites for hydroxylation is 1. The van der Waals surface area contributed by atoms with Crippen molar-refractivity contribution in [1.82, 2.24) is 14.5 Å². The van der Waals surface area contributed by atoms with E-state index in [1.807, 2.05) is 12.3 Å². The van der Waals surface area contributed by atoms with Crippen molar-refractivity contribution in [2.45, 2.75) is 32.5 Å². The molecule has 0 unspecified atom stereocenters. The van der Waals surface area contributed by atoms with Gasteiger partial charge >= 0.3 is 5.97 Å². The number of likely N-dealkylation sites (tertiary alicyclic amines) is 1. The number of amides is 1. The minimum atomic E-state index is -0.382. The third-order valence-electron chi connectivity index (χ3n) is 4.70. The van der Waals surface area contributed by atoms with Crippen molar-refractivity contribution in [2.75, 3.05) is 13.1 Å². The minimum Gasteiger partial charge on any atom is -0.457 e. The van der Waals surface area contributed by atoms with Crippen LogP contribution in [0.15, 0.2) is 42.7 Å². The fourth-order valence-electron chi connectivity index (χ4n) is 3.40. The number of primary amides is 1. The number of esters is 1. The van der Waals surface area contributed by atoms with E-state index in [2.05, 4.69) is 21.4 Å². The van der Waals surface area contributed by atoms with Crippen LogP contribution in [0.1, 0.15) is 29.5 Å². The molecule has 1 aliphatic rings. The largest absolute Gasteiger partial charge is 0.457 e. The number of ether oxygens (including phenoxy) is 1.